The van der Waals surface area contributed by atoms with Crippen LogP contribution in [0.15, 0.2) is 106 Å². The highest BCUT2D eigenvalue weighted by Crippen LogP contribution is 2.45. The van der Waals surface area contributed by atoms with E-state index in [9.17, 15) is 75.5 Å². The number of hydrogen-bond donors (Lipinski definition) is 0. The summed E-state index contributed by atoms with van der Waals surface area (Å²) in [4.78, 5) is 19.5. The molecule has 0 bridgehead atoms. The topological polar surface area (TPSA) is 169 Å². The SMILES string of the molecule is [C-]#[N+]C([N+]#[C-])=C1Cc2c(-c3cc(F)c(C(F)(F)F)c(F)c3)c3c(c(-c4cc(F)c(C(F)(F)F)c(F)c4)c2=C1[N+]#[C-])CC(=C(C#N)C#N)C=3C#N.[C-]#[N+]C([N+]#[C-])=C1Cc2c(-c3cc(F)cc(F)c3)c3c(c(-c4cc(F)cc(F)c4)c2=C1[N+]#[C-])CC(=C(C#N)C#N)C=3C#N. The third-order valence-electron chi connectivity index (χ3n) is 15.0. The van der Waals surface area contributed by atoms with Gasteiger partial charge in [-0.15, -0.1) is 0 Å². The summed E-state index contributed by atoms with van der Waals surface area (Å²) in [6.45, 7) is 45.7. The van der Waals surface area contributed by atoms with Gasteiger partial charge in [0.1, 0.15) is 132 Å². The van der Waals surface area contributed by atoms with Crippen molar-refractivity contribution in [2.24, 2.45) is 0 Å². The summed E-state index contributed by atoms with van der Waals surface area (Å²) in [6, 6.07) is 16.5. The van der Waals surface area contributed by atoms with Crippen LogP contribution in [0.25, 0.3) is 96.1 Å². The van der Waals surface area contributed by atoms with Gasteiger partial charge in [-0.05, 0) is 139 Å². The average Bonchev–Trinajstić information content (AvgIpc) is 1.53. The van der Waals surface area contributed by atoms with Crippen molar-refractivity contribution in [1.29, 1.82) is 31.6 Å². The van der Waals surface area contributed by atoms with Crippen molar-refractivity contribution in [3.8, 4) is 80.9 Å². The van der Waals surface area contributed by atoms with Gasteiger partial charge >= 0.3 is 24.0 Å². The van der Waals surface area contributed by atoms with E-state index in [1.165, 1.54) is 12.1 Å². The molecule has 0 atom stereocenters. The van der Waals surface area contributed by atoms with Crippen LogP contribution in [-0.4, -0.2) is 0 Å². The Morgan fingerprint density at radius 1 is 0.359 bits per heavy atom. The first kappa shape index (κ1) is 63.2. The lowest BCUT2D eigenvalue weighted by atomic mass is 9.86. The Labute approximate surface area is 507 Å². The Morgan fingerprint density at radius 3 is 0.848 bits per heavy atom. The first-order valence-electron chi connectivity index (χ1n) is 25.3. The largest absolute Gasteiger partial charge is 0.512 e. The average molecular weight is 1240 g/mol. The highest BCUT2D eigenvalue weighted by Gasteiger charge is 2.43. The number of halogens is 14. The van der Waals surface area contributed by atoms with E-state index in [4.69, 9.17) is 39.4 Å². The second-order valence-electron chi connectivity index (χ2n) is 19.7. The molecule has 6 aromatic carbocycles. The van der Waals surface area contributed by atoms with Gasteiger partial charge in [0, 0.05) is 46.6 Å². The summed E-state index contributed by atoms with van der Waals surface area (Å²) < 4.78 is 200. The highest BCUT2D eigenvalue weighted by atomic mass is 19.4. The van der Waals surface area contributed by atoms with Crippen molar-refractivity contribution >= 4 is 22.5 Å². The van der Waals surface area contributed by atoms with Gasteiger partial charge in [0.25, 0.3) is 0 Å². The lowest BCUT2D eigenvalue weighted by Gasteiger charge is -2.19. The Bertz CT molecular complexity index is 5010. The molecule has 6 aromatic rings. The van der Waals surface area contributed by atoms with E-state index in [1.807, 2.05) is 6.07 Å². The van der Waals surface area contributed by atoms with Crippen molar-refractivity contribution in [2.45, 2.75) is 38.0 Å². The molecule has 0 aromatic heterocycles. The molecule has 0 amide bonds. The van der Waals surface area contributed by atoms with Crippen LogP contribution in [0.1, 0.15) is 33.4 Å². The van der Waals surface area contributed by atoms with Crippen molar-refractivity contribution in [3.63, 3.8) is 0 Å². The van der Waals surface area contributed by atoms with Crippen LogP contribution in [0.5, 0.6) is 0 Å². The fraction of sp³-hybridized carbons (Fsp3) is 0.0909. The van der Waals surface area contributed by atoms with Crippen LogP contribution in [0, 0.1) is 154 Å². The molecule has 0 saturated heterocycles. The molecule has 0 aliphatic heterocycles. The van der Waals surface area contributed by atoms with E-state index in [0.717, 1.165) is 24.3 Å². The Hall–Kier alpha value is -13.3. The molecule has 0 N–H and O–H groups in total. The van der Waals surface area contributed by atoms with Crippen molar-refractivity contribution in [3.05, 3.63) is 275 Å². The minimum absolute atomic E-state index is 0.000515. The summed E-state index contributed by atoms with van der Waals surface area (Å²) in [5.41, 5.74) is -10.4. The Kier molecular flexibility index (Phi) is 16.3. The fourth-order valence-corrected chi connectivity index (χ4v) is 11.7. The standard InChI is InChI=1S/C34H8F10N6.C32H10F4N6/c1-48-31-19(32(49-2)50-3)9-18-25(13-4-21(35)29(22(36)5-13)33(39,40)41)27-17(8-16(20(27)12-47)15(10-45)11-46)26(28(18)31)14-6-23(37)30(24(38)7-14)34(42,43)44;1-40-31-25(32(41-2)42-3)11-24-27(15-4-18(33)8-19(34)5-15)29-23(10-22(26(29)14-39)17(12-37)13-38)28(30(24)31)16-6-20(35)9-21(36)7-16/h4-7H,8-9H2;4-9H,10-11H2. The maximum atomic E-state index is 15.1. The van der Waals surface area contributed by atoms with Gasteiger partial charge in [0.2, 0.25) is 0 Å². The van der Waals surface area contributed by atoms with Gasteiger partial charge in [0.15, 0.2) is 11.4 Å². The quantitative estimate of drug-likeness (QED) is 0.0966. The normalized spacial score (nSPS) is 13.1. The summed E-state index contributed by atoms with van der Waals surface area (Å²) >= 11 is 0. The highest BCUT2D eigenvalue weighted by molar-refractivity contribution is 5.98. The maximum Gasteiger partial charge on any atom is 0.512 e. The lowest BCUT2D eigenvalue weighted by Crippen LogP contribution is -2.25. The molecule has 12 nitrogen and oxygen atoms in total. The summed E-state index contributed by atoms with van der Waals surface area (Å²) in [6.07, 6.45) is -12.9. The number of fused-ring (bicyclic) bond motifs is 4. The number of rotatable bonds is 4. The van der Waals surface area contributed by atoms with E-state index in [-0.39, 0.29) is 126 Å². The molecule has 0 unspecified atom stereocenters. The lowest BCUT2D eigenvalue weighted by molar-refractivity contribution is -0.143. The number of hydrogen-bond acceptors (Lipinski definition) is 6. The monoisotopic (exact) mass is 1240 g/mol. The first-order chi connectivity index (χ1) is 43.7. The molecular weight excluding hydrogens is 1230 g/mol. The van der Waals surface area contributed by atoms with E-state index in [1.54, 1.807) is 18.2 Å². The number of benzene rings is 6. The summed E-state index contributed by atoms with van der Waals surface area (Å²) in [5.74, 6) is -13.5. The van der Waals surface area contributed by atoms with Crippen LogP contribution >= 0.6 is 0 Å². The second-order valence-corrected chi connectivity index (χ2v) is 19.7. The zero-order chi connectivity index (χ0) is 67.3. The number of nitrogens with zero attached hydrogens (tertiary/aromatic N) is 12. The molecule has 0 spiro atoms. The molecule has 0 saturated carbocycles. The predicted molar refractivity (Wildman–Crippen MR) is 293 cm³/mol. The Balaban J connectivity index is 0.000000221. The molecule has 92 heavy (non-hydrogen) atoms. The molecule has 4 aliphatic rings. The third kappa shape index (κ3) is 10.3. The maximum absolute atomic E-state index is 15.1. The minimum Gasteiger partial charge on any atom is -0.238 e. The van der Waals surface area contributed by atoms with Gasteiger partial charge in [-0.25, -0.2) is 44.8 Å². The van der Waals surface area contributed by atoms with Crippen molar-refractivity contribution in [1.82, 2.24) is 0 Å². The molecule has 10 rings (SSSR count). The Morgan fingerprint density at radius 2 is 0.609 bits per heavy atom. The molecule has 0 fully saturated rings. The third-order valence-corrected chi connectivity index (χ3v) is 15.0. The van der Waals surface area contributed by atoms with Gasteiger partial charge in [-0.3, -0.25) is 0 Å². The molecule has 0 heterocycles. The van der Waals surface area contributed by atoms with Gasteiger partial charge in [-0.1, -0.05) is 0 Å². The molecule has 26 heteroatoms. The van der Waals surface area contributed by atoms with Crippen molar-refractivity contribution < 1.29 is 61.5 Å². The molecule has 4 aliphatic carbocycles. The van der Waals surface area contributed by atoms with Crippen LogP contribution in [0.4, 0.5) is 61.5 Å². The van der Waals surface area contributed by atoms with Gasteiger partial charge in [-0.2, -0.15) is 77.3 Å². The second kappa shape index (κ2) is 23.7. The number of nitriles is 6. The summed E-state index contributed by atoms with van der Waals surface area (Å²) in [5, 5.41) is 58.4. The van der Waals surface area contributed by atoms with Crippen LogP contribution in [0.2, 0.25) is 0 Å². The summed E-state index contributed by atoms with van der Waals surface area (Å²) in [7, 11) is 0. The van der Waals surface area contributed by atoms with Crippen LogP contribution in [0.3, 0.4) is 0 Å². The molecule has 0 radical (unpaired) electrons. The van der Waals surface area contributed by atoms with Gasteiger partial charge in [0.05, 0.1) is 35.4 Å². The number of alkyl halides is 6. The minimum atomic E-state index is -5.52. The van der Waals surface area contributed by atoms with E-state index in [2.05, 4.69) is 29.1 Å². The predicted octanol–water partition coefficient (Wildman–Crippen LogP) is 13.6. The van der Waals surface area contributed by atoms with E-state index < -0.39 is 150 Å². The molecular formula is C66H18F14N12. The van der Waals surface area contributed by atoms with E-state index in [0.29, 0.717) is 12.1 Å². The van der Waals surface area contributed by atoms with Crippen LogP contribution < -0.4 is 20.9 Å². The smallest absolute Gasteiger partial charge is 0.238 e. The van der Waals surface area contributed by atoms with Crippen molar-refractivity contribution in [2.75, 3.05) is 0 Å². The zero-order valence-corrected chi connectivity index (χ0v) is 45.3. The van der Waals surface area contributed by atoms with Crippen LogP contribution in [-0.2, 0) is 38.0 Å². The zero-order valence-electron chi connectivity index (χ0n) is 45.3. The number of allylic oxidation sites excluding steroid dienone is 4. The fourth-order valence-electron chi connectivity index (χ4n) is 11.7. The first-order valence-corrected chi connectivity index (χ1v) is 25.3. The van der Waals surface area contributed by atoms with Gasteiger partial charge < -0.3 is 0 Å². The molecule has 440 valence electrons. The van der Waals surface area contributed by atoms with E-state index >= 15 is 17.6 Å².